The third-order valence-electron chi connectivity index (χ3n) is 3.14. The average molecular weight is 219 g/mol. The summed E-state index contributed by atoms with van der Waals surface area (Å²) in [5.41, 5.74) is 8.17. The van der Waals surface area contributed by atoms with Crippen LogP contribution < -0.4 is 11.5 Å². The number of nitrogens with zero attached hydrogens (tertiary/aromatic N) is 1. The second kappa shape index (κ2) is 3.18. The highest BCUT2D eigenvalue weighted by molar-refractivity contribution is 5.67. The van der Waals surface area contributed by atoms with E-state index in [1.165, 1.54) is 0 Å². The maximum absolute atomic E-state index is 10.9. The predicted molar refractivity (Wildman–Crippen MR) is 59.1 cm³/mol. The maximum Gasteiger partial charge on any atom is 0.418 e. The first kappa shape index (κ1) is 9.59. The van der Waals surface area contributed by atoms with E-state index in [4.69, 9.17) is 10.2 Å². The van der Waals surface area contributed by atoms with E-state index >= 15 is 0 Å². The minimum Gasteiger partial charge on any atom is -0.389 e. The van der Waals surface area contributed by atoms with Crippen LogP contribution in [0.3, 0.4) is 0 Å². The number of nitrogens with one attached hydrogen (secondary N) is 1. The monoisotopic (exact) mass is 219 g/mol. The Kier molecular flexibility index (Phi) is 1.91. The van der Waals surface area contributed by atoms with Crippen LogP contribution in [0.5, 0.6) is 0 Å². The van der Waals surface area contributed by atoms with Crippen LogP contribution in [-0.2, 0) is 6.42 Å². The first-order chi connectivity index (χ1) is 7.65. The summed E-state index contributed by atoms with van der Waals surface area (Å²) in [6.45, 7) is 0. The minimum atomic E-state index is -0.461. The Morgan fingerprint density at radius 1 is 1.56 bits per heavy atom. The van der Waals surface area contributed by atoms with E-state index in [0.717, 1.165) is 31.2 Å². The largest absolute Gasteiger partial charge is 0.418 e. The molecule has 1 aliphatic carbocycles. The van der Waals surface area contributed by atoms with Crippen LogP contribution in [0, 0.1) is 0 Å². The molecule has 0 bridgehead atoms. The average Bonchev–Trinajstić information content (AvgIpc) is 2.87. The molecule has 2 aromatic rings. The highest BCUT2D eigenvalue weighted by Crippen LogP contribution is 2.36. The number of fused-ring (bicyclic) bond motifs is 1. The molecule has 1 fully saturated rings. The molecular weight excluding hydrogens is 206 g/mol. The fraction of sp³-hybridized carbons (Fsp3) is 0.455. The molecule has 0 amide bonds. The van der Waals surface area contributed by atoms with E-state index in [1.807, 2.05) is 6.07 Å². The Balaban J connectivity index is 1.84. The SMILES string of the molecule is NC1(CCc2cnc3oc(=O)[nH]c3c2)CC1. The molecule has 84 valence electrons. The van der Waals surface area contributed by atoms with E-state index < -0.39 is 5.76 Å². The first-order valence-corrected chi connectivity index (χ1v) is 5.41. The topological polar surface area (TPSA) is 84.9 Å². The number of hydrogen-bond donors (Lipinski definition) is 2. The normalized spacial score (nSPS) is 17.8. The zero-order valence-corrected chi connectivity index (χ0v) is 8.82. The van der Waals surface area contributed by atoms with Crippen molar-refractivity contribution in [2.45, 2.75) is 31.2 Å². The van der Waals surface area contributed by atoms with Crippen molar-refractivity contribution in [2.75, 3.05) is 0 Å². The van der Waals surface area contributed by atoms with Gasteiger partial charge < -0.3 is 10.2 Å². The maximum atomic E-state index is 10.9. The van der Waals surface area contributed by atoms with Crippen molar-refractivity contribution in [1.29, 1.82) is 0 Å². The van der Waals surface area contributed by atoms with Crippen LogP contribution in [-0.4, -0.2) is 15.5 Å². The zero-order valence-electron chi connectivity index (χ0n) is 8.82. The van der Waals surface area contributed by atoms with Crippen molar-refractivity contribution < 1.29 is 4.42 Å². The lowest BCUT2D eigenvalue weighted by atomic mass is 10.1. The van der Waals surface area contributed by atoms with Crippen molar-refractivity contribution in [3.05, 3.63) is 28.4 Å². The molecule has 0 atom stereocenters. The van der Waals surface area contributed by atoms with Crippen LogP contribution in [0.4, 0.5) is 0 Å². The van der Waals surface area contributed by atoms with Gasteiger partial charge in [-0.2, -0.15) is 0 Å². The number of aromatic amines is 1. The number of aromatic nitrogens is 2. The fourth-order valence-electron chi connectivity index (χ4n) is 1.83. The molecule has 2 heterocycles. The standard InChI is InChI=1S/C11H13N3O2/c12-11(3-4-11)2-1-7-5-8-9(13-6-7)16-10(15)14-8/h5-6H,1-4,12H2,(H,14,15). The molecule has 0 aromatic carbocycles. The van der Waals surface area contributed by atoms with Crippen LogP contribution in [0.1, 0.15) is 24.8 Å². The summed E-state index contributed by atoms with van der Waals surface area (Å²) >= 11 is 0. The van der Waals surface area contributed by atoms with Gasteiger partial charge in [0.25, 0.3) is 0 Å². The molecule has 5 heteroatoms. The van der Waals surface area contributed by atoms with Gasteiger partial charge >= 0.3 is 5.76 Å². The minimum absolute atomic E-state index is 0.0543. The summed E-state index contributed by atoms with van der Waals surface area (Å²) in [7, 11) is 0. The summed E-state index contributed by atoms with van der Waals surface area (Å²) in [6, 6.07) is 1.90. The van der Waals surface area contributed by atoms with Gasteiger partial charge in [-0.1, -0.05) is 0 Å². The molecule has 5 nitrogen and oxygen atoms in total. The third-order valence-corrected chi connectivity index (χ3v) is 3.14. The molecular formula is C11H13N3O2. The molecule has 0 spiro atoms. The summed E-state index contributed by atoms with van der Waals surface area (Å²) in [6.07, 6.45) is 5.84. The number of pyridine rings is 1. The number of rotatable bonds is 3. The van der Waals surface area contributed by atoms with Crippen molar-refractivity contribution in [3.8, 4) is 0 Å². The van der Waals surface area contributed by atoms with E-state index in [9.17, 15) is 4.79 Å². The Labute approximate surface area is 91.7 Å². The van der Waals surface area contributed by atoms with Crippen molar-refractivity contribution in [1.82, 2.24) is 9.97 Å². The number of hydrogen-bond acceptors (Lipinski definition) is 4. The zero-order chi connectivity index (χ0) is 11.2. The van der Waals surface area contributed by atoms with Gasteiger partial charge in [0.1, 0.15) is 5.52 Å². The lowest BCUT2D eigenvalue weighted by Crippen LogP contribution is -2.22. The lowest BCUT2D eigenvalue weighted by molar-refractivity contribution is 0.545. The first-order valence-electron chi connectivity index (χ1n) is 5.41. The number of H-pyrrole nitrogens is 1. The van der Waals surface area contributed by atoms with Gasteiger partial charge in [0.2, 0.25) is 5.71 Å². The Morgan fingerprint density at radius 3 is 3.12 bits per heavy atom. The van der Waals surface area contributed by atoms with Crippen molar-refractivity contribution in [3.63, 3.8) is 0 Å². The Morgan fingerprint density at radius 2 is 2.38 bits per heavy atom. The second-order valence-corrected chi connectivity index (χ2v) is 4.57. The second-order valence-electron chi connectivity index (χ2n) is 4.57. The third kappa shape index (κ3) is 1.74. The molecule has 3 rings (SSSR count). The Hall–Kier alpha value is -1.62. The highest BCUT2D eigenvalue weighted by Gasteiger charge is 2.37. The molecule has 0 unspecified atom stereocenters. The fourth-order valence-corrected chi connectivity index (χ4v) is 1.83. The van der Waals surface area contributed by atoms with Gasteiger partial charge in [-0.15, -0.1) is 0 Å². The smallest absolute Gasteiger partial charge is 0.389 e. The van der Waals surface area contributed by atoms with Gasteiger partial charge in [-0.05, 0) is 37.3 Å². The van der Waals surface area contributed by atoms with E-state index in [2.05, 4.69) is 9.97 Å². The predicted octanol–water partition coefficient (Wildman–Crippen LogP) is 0.940. The van der Waals surface area contributed by atoms with E-state index in [-0.39, 0.29) is 5.54 Å². The molecule has 1 saturated carbocycles. The molecule has 3 N–H and O–H groups in total. The number of aryl methyl sites for hydroxylation is 1. The van der Waals surface area contributed by atoms with Crippen LogP contribution in [0.25, 0.3) is 11.2 Å². The quantitative estimate of drug-likeness (QED) is 0.804. The van der Waals surface area contributed by atoms with Crippen LogP contribution >= 0.6 is 0 Å². The molecule has 1 aliphatic rings. The summed E-state index contributed by atoms with van der Waals surface area (Å²) < 4.78 is 4.83. The summed E-state index contributed by atoms with van der Waals surface area (Å²) in [5, 5.41) is 0. The van der Waals surface area contributed by atoms with Gasteiger partial charge in [-0.3, -0.25) is 4.98 Å². The van der Waals surface area contributed by atoms with E-state index in [0.29, 0.717) is 11.2 Å². The summed E-state index contributed by atoms with van der Waals surface area (Å²) in [5.74, 6) is -0.461. The van der Waals surface area contributed by atoms with Gasteiger partial charge in [-0.25, -0.2) is 9.78 Å². The number of nitrogens with two attached hydrogens (primary N) is 1. The van der Waals surface area contributed by atoms with Gasteiger partial charge in [0.15, 0.2) is 0 Å². The lowest BCUT2D eigenvalue weighted by Gasteiger charge is -2.07. The van der Waals surface area contributed by atoms with Crippen LogP contribution in [0.15, 0.2) is 21.5 Å². The van der Waals surface area contributed by atoms with Crippen molar-refractivity contribution >= 4 is 11.2 Å². The van der Waals surface area contributed by atoms with E-state index in [1.54, 1.807) is 6.20 Å². The molecule has 0 saturated heterocycles. The molecule has 0 radical (unpaired) electrons. The molecule has 16 heavy (non-hydrogen) atoms. The van der Waals surface area contributed by atoms with Crippen LogP contribution in [0.2, 0.25) is 0 Å². The molecule has 2 aromatic heterocycles. The van der Waals surface area contributed by atoms with Gasteiger partial charge in [0, 0.05) is 11.7 Å². The Bertz CT molecular complexity index is 580. The number of oxazole rings is 1. The molecule has 0 aliphatic heterocycles. The van der Waals surface area contributed by atoms with Crippen molar-refractivity contribution in [2.24, 2.45) is 5.73 Å². The van der Waals surface area contributed by atoms with Gasteiger partial charge in [0.05, 0.1) is 0 Å². The summed E-state index contributed by atoms with van der Waals surface area (Å²) in [4.78, 5) is 17.6. The highest BCUT2D eigenvalue weighted by atomic mass is 16.4.